The van der Waals surface area contributed by atoms with Gasteiger partial charge in [0.25, 0.3) is 11.9 Å². The fourth-order valence-electron chi connectivity index (χ4n) is 5.79. The van der Waals surface area contributed by atoms with Crippen LogP contribution in [0.3, 0.4) is 0 Å². The van der Waals surface area contributed by atoms with Crippen LogP contribution < -0.4 is 5.32 Å². The van der Waals surface area contributed by atoms with Crippen molar-refractivity contribution in [2.75, 3.05) is 19.7 Å². The minimum atomic E-state index is -3.71. The van der Waals surface area contributed by atoms with Crippen LogP contribution in [0.4, 0.5) is 8.78 Å². The summed E-state index contributed by atoms with van der Waals surface area (Å²) in [6.07, 6.45) is 3.53. The maximum atomic E-state index is 15.9. The van der Waals surface area contributed by atoms with Crippen LogP contribution in [0.5, 0.6) is 0 Å². The molecule has 1 heterocycles. The number of carbonyl (C=O) groups is 4. The van der Waals surface area contributed by atoms with Crippen LogP contribution in [0.25, 0.3) is 0 Å². The highest BCUT2D eigenvalue weighted by Crippen LogP contribution is 2.39. The molecule has 0 saturated carbocycles. The number of unbranched alkanes of at least 4 members (excludes halogenated alkanes) is 3. The third kappa shape index (κ3) is 15.8. The highest BCUT2D eigenvalue weighted by molar-refractivity contribution is 7.39. The maximum Gasteiger partial charge on any atom is 0.331 e. The second-order valence-electron chi connectivity index (χ2n) is 12.6. The maximum absolute atomic E-state index is 15.9. The molecule has 1 aliphatic heterocycles. The molecule has 15 nitrogen and oxygen atoms in total. The summed E-state index contributed by atoms with van der Waals surface area (Å²) in [7, 11) is -6.83. The van der Waals surface area contributed by atoms with E-state index in [1.807, 2.05) is 0 Å². The Balaban J connectivity index is 1.60. The van der Waals surface area contributed by atoms with Gasteiger partial charge < -0.3 is 39.5 Å². The molecule has 1 saturated heterocycles. The molecule has 0 bridgehead atoms. The van der Waals surface area contributed by atoms with Crippen LogP contribution in [-0.4, -0.2) is 86.3 Å². The zero-order chi connectivity index (χ0) is 40.4. The van der Waals surface area contributed by atoms with E-state index < -0.39 is 65.6 Å². The van der Waals surface area contributed by atoms with E-state index in [0.717, 1.165) is 18.9 Å². The summed E-state index contributed by atoms with van der Waals surface area (Å²) in [5, 5.41) is 12.6. The lowest BCUT2D eigenvalue weighted by Crippen LogP contribution is -2.36. The molecule has 4 atom stereocenters. The van der Waals surface area contributed by atoms with Crippen LogP contribution in [0, 0.1) is 0 Å². The summed E-state index contributed by atoms with van der Waals surface area (Å²) < 4.78 is 61.7. The third-order valence-electron chi connectivity index (χ3n) is 8.48. The normalized spacial score (nSPS) is 16.9. The standard InChI is InChI=1S/C36H48F2N2O13P2/c1-2-50-32(42)13-8-3-4-9-24-40-29(19-21-31(40)41)18-20-30(36(37,38)28-11-6-5-7-12-28)51-33(43)25-26-14-16-27(17-15-26)34(44)39-23-10-22-35(45,52-54(46)47)53-55(48)49/h5-7,11-12,14-18,20,29-30,45-47,55H,2-4,8-10,13,19,21-25H2,1H3,(H,39,44)(H,48,49)/b20-18+/t29-,30+,35?/m0/s1. The van der Waals surface area contributed by atoms with Crippen molar-refractivity contribution in [2.45, 2.75) is 95.2 Å². The minimum absolute atomic E-state index is 0.0669. The van der Waals surface area contributed by atoms with E-state index in [4.69, 9.17) is 24.2 Å². The van der Waals surface area contributed by atoms with Crippen molar-refractivity contribution in [1.82, 2.24) is 10.2 Å². The zero-order valence-electron chi connectivity index (χ0n) is 30.3. The number of carbonyl (C=O) groups excluding carboxylic acids is 4. The first-order valence-corrected chi connectivity index (χ1v) is 20.2. The van der Waals surface area contributed by atoms with Crippen molar-refractivity contribution in [1.29, 1.82) is 0 Å². The number of likely N-dealkylation sites (tertiary alicyclic amines) is 1. The second kappa shape index (κ2) is 22.8. The predicted octanol–water partition coefficient (Wildman–Crippen LogP) is 4.78. The molecule has 5 N–H and O–H groups in total. The molecule has 2 unspecified atom stereocenters. The monoisotopic (exact) mass is 816 g/mol. The first-order valence-electron chi connectivity index (χ1n) is 17.8. The third-order valence-corrected chi connectivity index (χ3v) is 9.43. The number of aliphatic hydroxyl groups is 1. The van der Waals surface area contributed by atoms with Gasteiger partial charge in [-0.05, 0) is 56.4 Å². The molecular weight excluding hydrogens is 768 g/mol. The summed E-state index contributed by atoms with van der Waals surface area (Å²) in [5.74, 6) is -8.25. The van der Waals surface area contributed by atoms with Gasteiger partial charge in [-0.25, -0.2) is 0 Å². The Bertz CT molecular complexity index is 1600. The molecule has 2 amide bonds. The van der Waals surface area contributed by atoms with Gasteiger partial charge in [0.15, 0.2) is 6.10 Å². The first-order chi connectivity index (χ1) is 26.1. The number of halogens is 2. The number of hydrogen-bond donors (Lipinski definition) is 5. The van der Waals surface area contributed by atoms with E-state index in [2.05, 4.69) is 14.4 Å². The summed E-state index contributed by atoms with van der Waals surface area (Å²) in [4.78, 5) is 78.3. The van der Waals surface area contributed by atoms with E-state index in [1.54, 1.807) is 17.9 Å². The molecule has 0 radical (unpaired) electrons. The lowest BCUT2D eigenvalue weighted by atomic mass is 10.0. The summed E-state index contributed by atoms with van der Waals surface area (Å²) >= 11 is 0. The molecular formula is C36H48F2N2O13P2. The average Bonchev–Trinajstić information content (AvgIpc) is 3.48. The SMILES string of the molecule is CCOC(=O)CCCCCCN1C(=O)CC[C@@H]1/C=C/[C@@H](OC(=O)Cc1ccc(C(=O)NCCCC(O)(OP(O)O)O[PH](=O)O)cc1)C(F)(F)c1ccccc1. The van der Waals surface area contributed by atoms with Gasteiger partial charge in [-0.1, -0.05) is 61.4 Å². The van der Waals surface area contributed by atoms with E-state index in [1.165, 1.54) is 54.6 Å². The Morgan fingerprint density at radius 1 is 1.04 bits per heavy atom. The van der Waals surface area contributed by atoms with Gasteiger partial charge in [0.1, 0.15) is 0 Å². The van der Waals surface area contributed by atoms with Crippen molar-refractivity contribution < 1.29 is 70.8 Å². The number of alkyl halides is 2. The summed E-state index contributed by atoms with van der Waals surface area (Å²) in [6.45, 7) is 2.40. The van der Waals surface area contributed by atoms with Gasteiger partial charge in [-0.15, -0.1) is 0 Å². The number of ether oxygens (including phenoxy) is 2. The Morgan fingerprint density at radius 2 is 1.73 bits per heavy atom. The average molecular weight is 817 g/mol. The Kier molecular flexibility index (Phi) is 18.9. The van der Waals surface area contributed by atoms with E-state index in [9.17, 15) is 28.8 Å². The van der Waals surface area contributed by atoms with Gasteiger partial charge in [-0.2, -0.15) is 8.78 Å². The topological polar surface area (TPSA) is 218 Å². The van der Waals surface area contributed by atoms with Crippen LogP contribution in [0.15, 0.2) is 66.7 Å². The number of benzene rings is 2. The van der Waals surface area contributed by atoms with Crippen LogP contribution >= 0.6 is 16.9 Å². The molecule has 0 spiro atoms. The highest BCUT2D eigenvalue weighted by Gasteiger charge is 2.43. The first kappa shape index (κ1) is 45.7. The van der Waals surface area contributed by atoms with Crippen molar-refractivity contribution >= 4 is 40.6 Å². The Hall–Kier alpha value is -3.66. The van der Waals surface area contributed by atoms with Gasteiger partial charge >= 0.3 is 34.7 Å². The second-order valence-corrected chi connectivity index (χ2v) is 14.0. The highest BCUT2D eigenvalue weighted by atomic mass is 31.2. The minimum Gasteiger partial charge on any atom is -0.466 e. The number of nitrogens with zero attached hydrogens (tertiary/aromatic N) is 1. The molecule has 19 heteroatoms. The van der Waals surface area contributed by atoms with Gasteiger partial charge in [0.05, 0.1) is 19.1 Å². The lowest BCUT2D eigenvalue weighted by molar-refractivity contribution is -0.279. The van der Waals surface area contributed by atoms with Gasteiger partial charge in [-0.3, -0.25) is 32.8 Å². The van der Waals surface area contributed by atoms with E-state index >= 15 is 8.78 Å². The summed E-state index contributed by atoms with van der Waals surface area (Å²) in [6, 6.07) is 12.1. The molecule has 2 aromatic rings. The number of hydrogen-bond acceptors (Lipinski definition) is 12. The molecule has 0 aliphatic carbocycles. The molecule has 2 aromatic carbocycles. The zero-order valence-corrected chi connectivity index (χ0v) is 32.2. The molecule has 0 aromatic heterocycles. The quantitative estimate of drug-likeness (QED) is 0.0317. The largest absolute Gasteiger partial charge is 0.466 e. The molecule has 304 valence electrons. The van der Waals surface area contributed by atoms with E-state index in [0.29, 0.717) is 44.4 Å². The van der Waals surface area contributed by atoms with Crippen LogP contribution in [0.1, 0.15) is 86.2 Å². The Morgan fingerprint density at radius 3 is 2.38 bits per heavy atom. The van der Waals surface area contributed by atoms with Crippen molar-refractivity contribution in [2.24, 2.45) is 0 Å². The van der Waals surface area contributed by atoms with Gasteiger partial charge in [0, 0.05) is 43.5 Å². The number of esters is 2. The summed E-state index contributed by atoms with van der Waals surface area (Å²) in [5.41, 5.74) is 0.166. The number of amides is 2. The number of rotatable bonds is 24. The van der Waals surface area contributed by atoms with E-state index in [-0.39, 0.29) is 42.4 Å². The Labute approximate surface area is 319 Å². The smallest absolute Gasteiger partial charge is 0.331 e. The predicted molar refractivity (Wildman–Crippen MR) is 195 cm³/mol. The van der Waals surface area contributed by atoms with Gasteiger partial charge in [0.2, 0.25) is 5.91 Å². The van der Waals surface area contributed by atoms with Crippen molar-refractivity contribution in [3.63, 3.8) is 0 Å². The molecule has 55 heavy (non-hydrogen) atoms. The molecule has 1 fully saturated rings. The van der Waals surface area contributed by atoms with Crippen LogP contribution in [-0.2, 0) is 49.8 Å². The fraction of sp³-hybridized carbons (Fsp3) is 0.500. The molecule has 1 aliphatic rings. The lowest BCUT2D eigenvalue weighted by Gasteiger charge is -2.27. The molecule has 3 rings (SSSR count). The number of nitrogens with one attached hydrogen (secondary N) is 1. The van der Waals surface area contributed by atoms with Crippen molar-refractivity contribution in [3.8, 4) is 0 Å². The fourth-order valence-corrected chi connectivity index (χ4v) is 6.66. The van der Waals surface area contributed by atoms with Crippen molar-refractivity contribution in [3.05, 3.63) is 83.4 Å². The van der Waals surface area contributed by atoms with Crippen LogP contribution in [0.2, 0.25) is 0 Å².